The van der Waals surface area contributed by atoms with Gasteiger partial charge in [0.25, 0.3) is 0 Å². The minimum atomic E-state index is 0. The first-order chi connectivity index (χ1) is 14.4. The largest absolute Gasteiger partial charge is 0.137 e. The summed E-state index contributed by atoms with van der Waals surface area (Å²) in [6, 6.07) is 0. The Bertz CT molecular complexity index is 103. The van der Waals surface area contributed by atoms with E-state index in [9.17, 15) is 0 Å². The van der Waals surface area contributed by atoms with E-state index in [1.54, 1.807) is 0 Å². The highest BCUT2D eigenvalue weighted by molar-refractivity contribution is 4.51. The summed E-state index contributed by atoms with van der Waals surface area (Å²) in [5.41, 5.74) is 2.25. The molecule has 188 valence electrons. The van der Waals surface area contributed by atoms with Crippen LogP contribution in [-0.2, 0) is 0 Å². The van der Waals surface area contributed by atoms with Gasteiger partial charge in [-0.15, -0.1) is 177 Å². The third-order valence-electron chi connectivity index (χ3n) is 0. The Hall–Kier alpha value is -3.86. The SMILES string of the molecule is C.C.C=C.C=C.C=C.C=C.C=C.C=C.C=C.C=C.C=C.C=C.C=C.C=C.C=C.C=C=C. The summed E-state index contributed by atoms with van der Waals surface area (Å²) < 4.78 is 0. The molecular weight excluding hydrogens is 372 g/mol. The van der Waals surface area contributed by atoms with Crippen LogP contribution in [0.25, 0.3) is 0 Å². The first-order valence-electron chi connectivity index (χ1n) is 7.21. The van der Waals surface area contributed by atoms with Gasteiger partial charge in [-0.25, -0.2) is 0 Å². The van der Waals surface area contributed by atoms with Gasteiger partial charge < -0.3 is 0 Å². The van der Waals surface area contributed by atoms with E-state index in [1.807, 2.05) is 0 Å². The standard InChI is InChI=1S/C3H4.13C2H4.2CH4/c1-3-2;13*1-2;;/h1-2H2;13*1-2H2;2*1H4. The molecular formula is C31H64. The molecule has 0 saturated heterocycles. The molecule has 0 rings (SSSR count). The molecule has 0 aromatic rings. The van der Waals surface area contributed by atoms with Gasteiger partial charge in [0, 0.05) is 0 Å². The van der Waals surface area contributed by atoms with Crippen molar-refractivity contribution >= 4 is 0 Å². The molecule has 0 saturated carbocycles. The van der Waals surface area contributed by atoms with Gasteiger partial charge in [-0.05, 0) is 0 Å². The monoisotopic (exact) mass is 437 g/mol. The number of hydrogen-bond acceptors (Lipinski definition) is 0. The minimum absolute atomic E-state index is 0. The predicted octanol–water partition coefficient (Wildman–Crippen LogP) is 12.7. The van der Waals surface area contributed by atoms with Crippen LogP contribution in [0.15, 0.2) is 190 Å². The van der Waals surface area contributed by atoms with Crippen LogP contribution in [0.4, 0.5) is 0 Å². The molecule has 0 bridgehead atoms. The van der Waals surface area contributed by atoms with Gasteiger partial charge in [0.1, 0.15) is 0 Å². The van der Waals surface area contributed by atoms with Crippen LogP contribution < -0.4 is 0 Å². The lowest BCUT2D eigenvalue weighted by molar-refractivity contribution is 2.50. The molecule has 0 aliphatic heterocycles. The van der Waals surface area contributed by atoms with Gasteiger partial charge >= 0.3 is 0 Å². The molecule has 0 aromatic heterocycles. The molecule has 0 nitrogen and oxygen atoms in total. The number of hydrogen-bond donors (Lipinski definition) is 0. The molecule has 0 atom stereocenters. The molecule has 0 heterocycles. The lowest BCUT2D eigenvalue weighted by atomic mass is 11.0. The second-order valence-electron chi connectivity index (χ2n) is 0.250. The predicted molar refractivity (Wildman–Crippen MR) is 175 cm³/mol. The zero-order chi connectivity index (χ0) is 28.7. The molecule has 0 radical (unpaired) electrons. The summed E-state index contributed by atoms with van der Waals surface area (Å²) in [5.74, 6) is 0. The van der Waals surface area contributed by atoms with E-state index >= 15 is 0 Å². The number of rotatable bonds is 0. The maximum Gasteiger partial charge on any atom is -0.0572 e. The fourth-order valence-corrected chi connectivity index (χ4v) is 0. The molecule has 0 amide bonds. The Morgan fingerprint density at radius 3 is 0.194 bits per heavy atom. The Balaban J connectivity index is -0.00000000557. The maximum absolute atomic E-state index is 3.12. The van der Waals surface area contributed by atoms with Crippen molar-refractivity contribution in [2.75, 3.05) is 0 Å². The Morgan fingerprint density at radius 2 is 0.194 bits per heavy atom. The minimum Gasteiger partial charge on any atom is -0.137 e. The summed E-state index contributed by atoms with van der Waals surface area (Å²) in [7, 11) is 0. The summed E-state index contributed by atoms with van der Waals surface area (Å²) in [6.07, 6.45) is 0. The van der Waals surface area contributed by atoms with Gasteiger partial charge in [0.15, 0.2) is 0 Å². The zero-order valence-electron chi connectivity index (χ0n) is 20.3. The van der Waals surface area contributed by atoms with Crippen molar-refractivity contribution in [2.24, 2.45) is 0 Å². The molecule has 0 aliphatic rings. The summed E-state index contributed by atoms with van der Waals surface area (Å²) in [4.78, 5) is 0. The molecule has 0 spiro atoms. The van der Waals surface area contributed by atoms with E-state index in [1.165, 1.54) is 0 Å². The van der Waals surface area contributed by atoms with E-state index in [2.05, 4.69) is 190 Å². The van der Waals surface area contributed by atoms with Crippen LogP contribution in [0.3, 0.4) is 0 Å². The third-order valence-corrected chi connectivity index (χ3v) is 0. The van der Waals surface area contributed by atoms with Crippen LogP contribution in [-0.4, -0.2) is 0 Å². The van der Waals surface area contributed by atoms with Crippen molar-refractivity contribution in [1.29, 1.82) is 0 Å². The smallest absolute Gasteiger partial charge is 0.0572 e. The van der Waals surface area contributed by atoms with Gasteiger partial charge in [0.05, 0.1) is 0 Å². The molecule has 0 aromatic carbocycles. The van der Waals surface area contributed by atoms with Crippen molar-refractivity contribution in [3.8, 4) is 0 Å². The first-order valence-corrected chi connectivity index (χ1v) is 7.21. The fraction of sp³-hybridized carbons (Fsp3) is 0.0645. The molecule has 0 N–H and O–H groups in total. The zero-order valence-corrected chi connectivity index (χ0v) is 20.3. The van der Waals surface area contributed by atoms with Gasteiger partial charge in [-0.2, -0.15) is 0 Å². The van der Waals surface area contributed by atoms with Crippen LogP contribution in [0.5, 0.6) is 0 Å². The van der Waals surface area contributed by atoms with E-state index in [0.29, 0.717) is 0 Å². The van der Waals surface area contributed by atoms with Crippen molar-refractivity contribution in [2.45, 2.75) is 14.9 Å². The van der Waals surface area contributed by atoms with Gasteiger partial charge in [0.2, 0.25) is 0 Å². The van der Waals surface area contributed by atoms with E-state index in [-0.39, 0.29) is 14.9 Å². The molecule has 0 heteroatoms. The highest BCUT2D eigenvalue weighted by atomic mass is 13.0. The fourth-order valence-electron chi connectivity index (χ4n) is 0. The maximum atomic E-state index is 3.12. The first kappa shape index (κ1) is 149. The average molecular weight is 437 g/mol. The van der Waals surface area contributed by atoms with E-state index in [4.69, 9.17) is 0 Å². The molecule has 0 fully saturated rings. The average Bonchev–Trinajstić information content (AvgIpc) is 2.94. The van der Waals surface area contributed by atoms with E-state index in [0.717, 1.165) is 0 Å². The van der Waals surface area contributed by atoms with Crippen LogP contribution in [0.1, 0.15) is 14.9 Å². The highest BCUT2D eigenvalue weighted by Gasteiger charge is 0.905. The van der Waals surface area contributed by atoms with Gasteiger partial charge in [-0.1, -0.05) is 28.0 Å². The topological polar surface area (TPSA) is 0 Å². The van der Waals surface area contributed by atoms with Crippen molar-refractivity contribution in [3.05, 3.63) is 190 Å². The molecule has 0 unspecified atom stereocenters. The van der Waals surface area contributed by atoms with Crippen LogP contribution >= 0.6 is 0 Å². The van der Waals surface area contributed by atoms with E-state index < -0.39 is 0 Å². The highest BCUT2D eigenvalue weighted by Crippen LogP contribution is 1.16. The Labute approximate surface area is 204 Å². The van der Waals surface area contributed by atoms with Gasteiger partial charge in [-0.3, -0.25) is 0 Å². The summed E-state index contributed by atoms with van der Waals surface area (Å²) >= 11 is 0. The Morgan fingerprint density at radius 1 is 0.194 bits per heavy atom. The normalized spacial score (nSPS) is 1.94. The summed E-state index contributed by atoms with van der Waals surface area (Å²) in [5, 5.41) is 0. The Kier molecular flexibility index (Phi) is 9740. The second-order valence-corrected chi connectivity index (χ2v) is 0.250. The lowest BCUT2D eigenvalue weighted by Gasteiger charge is -1.10. The molecule has 0 aliphatic carbocycles. The lowest BCUT2D eigenvalue weighted by Crippen LogP contribution is -0.844. The summed E-state index contributed by atoms with van der Waals surface area (Å²) in [6.45, 7) is 84.2. The second kappa shape index (κ2) is 2020. The quantitative estimate of drug-likeness (QED) is 0.261. The van der Waals surface area contributed by atoms with Crippen molar-refractivity contribution < 1.29 is 0 Å². The third kappa shape index (κ3) is 1020. The van der Waals surface area contributed by atoms with Crippen molar-refractivity contribution in [3.63, 3.8) is 0 Å². The van der Waals surface area contributed by atoms with Crippen LogP contribution in [0, 0.1) is 0 Å². The molecule has 31 heavy (non-hydrogen) atoms. The van der Waals surface area contributed by atoms with Crippen molar-refractivity contribution in [1.82, 2.24) is 0 Å². The van der Waals surface area contributed by atoms with Crippen LogP contribution in [0.2, 0.25) is 0 Å².